The van der Waals surface area contributed by atoms with Gasteiger partial charge in [0.2, 0.25) is 5.91 Å². The molecule has 1 aromatic carbocycles. The predicted molar refractivity (Wildman–Crippen MR) is 86.0 cm³/mol. The van der Waals surface area contributed by atoms with Gasteiger partial charge in [0, 0.05) is 25.3 Å². The van der Waals surface area contributed by atoms with Crippen molar-refractivity contribution in [1.29, 1.82) is 0 Å². The minimum absolute atomic E-state index is 0.0299. The zero-order valence-electron chi connectivity index (χ0n) is 12.9. The van der Waals surface area contributed by atoms with Crippen molar-refractivity contribution >= 4 is 17.6 Å². The number of aliphatic carboxylic acids is 1. The number of carboxylic acid groups (broad SMARTS) is 1. The Balaban J connectivity index is 2.01. The van der Waals surface area contributed by atoms with Gasteiger partial charge in [-0.2, -0.15) is 0 Å². The Labute approximate surface area is 131 Å². The van der Waals surface area contributed by atoms with Crippen LogP contribution in [0.4, 0.5) is 5.69 Å². The van der Waals surface area contributed by atoms with Gasteiger partial charge in [-0.1, -0.05) is 31.0 Å². The largest absolute Gasteiger partial charge is 0.481 e. The number of rotatable bonds is 6. The predicted octanol–water partition coefficient (Wildman–Crippen LogP) is 2.37. The van der Waals surface area contributed by atoms with Gasteiger partial charge >= 0.3 is 5.97 Å². The Morgan fingerprint density at radius 1 is 1.05 bits per heavy atom. The van der Waals surface area contributed by atoms with Crippen molar-refractivity contribution in [1.82, 2.24) is 4.90 Å². The number of hydrogen-bond acceptors (Lipinski definition) is 3. The first-order valence-corrected chi connectivity index (χ1v) is 7.96. The van der Waals surface area contributed by atoms with Crippen molar-refractivity contribution in [2.24, 2.45) is 0 Å². The van der Waals surface area contributed by atoms with Crippen molar-refractivity contribution in [2.75, 3.05) is 31.1 Å². The van der Waals surface area contributed by atoms with E-state index in [-0.39, 0.29) is 18.9 Å². The first kappa shape index (κ1) is 16.3. The van der Waals surface area contributed by atoms with Crippen LogP contribution in [0, 0.1) is 0 Å². The van der Waals surface area contributed by atoms with Gasteiger partial charge in [0.25, 0.3) is 0 Å². The Bertz CT molecular complexity index is 482. The summed E-state index contributed by atoms with van der Waals surface area (Å²) in [6.45, 7) is 2.23. The van der Waals surface area contributed by atoms with Crippen LogP contribution < -0.4 is 4.90 Å². The summed E-state index contributed by atoms with van der Waals surface area (Å²) in [7, 11) is 0. The second kappa shape index (κ2) is 8.41. The van der Waals surface area contributed by atoms with Crippen LogP contribution in [0.5, 0.6) is 0 Å². The standard InChI is InChI=1S/C17H24N2O3/c20-16(18-11-6-1-2-7-12-18)14-19(13-10-17(21)22)15-8-4-3-5-9-15/h3-5,8-9H,1-2,6-7,10-14H2,(H,21,22). The molecule has 0 radical (unpaired) electrons. The van der Waals surface area contributed by atoms with Crippen LogP contribution >= 0.6 is 0 Å². The Kier molecular flexibility index (Phi) is 6.25. The summed E-state index contributed by atoms with van der Waals surface area (Å²) in [5.41, 5.74) is 0.895. The number of para-hydroxylation sites is 1. The maximum absolute atomic E-state index is 12.5. The molecule has 0 spiro atoms. The highest BCUT2D eigenvalue weighted by molar-refractivity contribution is 5.81. The molecule has 1 aromatic rings. The monoisotopic (exact) mass is 304 g/mol. The van der Waals surface area contributed by atoms with Crippen molar-refractivity contribution in [2.45, 2.75) is 32.1 Å². The zero-order valence-corrected chi connectivity index (χ0v) is 12.9. The molecular formula is C17H24N2O3. The lowest BCUT2D eigenvalue weighted by Gasteiger charge is -2.28. The molecule has 0 atom stereocenters. The third-order valence-corrected chi connectivity index (χ3v) is 4.00. The summed E-state index contributed by atoms with van der Waals surface area (Å²) in [4.78, 5) is 27.1. The highest BCUT2D eigenvalue weighted by Crippen LogP contribution is 2.15. The van der Waals surface area contributed by atoms with Gasteiger partial charge in [-0.05, 0) is 25.0 Å². The molecule has 5 nitrogen and oxygen atoms in total. The van der Waals surface area contributed by atoms with Crippen LogP contribution in [0.1, 0.15) is 32.1 Å². The third kappa shape index (κ3) is 5.06. The molecule has 0 unspecified atom stereocenters. The van der Waals surface area contributed by atoms with Gasteiger partial charge in [0.05, 0.1) is 13.0 Å². The number of amides is 1. The van der Waals surface area contributed by atoms with E-state index in [1.807, 2.05) is 40.1 Å². The number of likely N-dealkylation sites (tertiary alicyclic amines) is 1. The van der Waals surface area contributed by atoms with Gasteiger partial charge in [0.1, 0.15) is 0 Å². The topological polar surface area (TPSA) is 60.9 Å². The van der Waals surface area contributed by atoms with Crippen LogP contribution in [0.25, 0.3) is 0 Å². The highest BCUT2D eigenvalue weighted by atomic mass is 16.4. The zero-order chi connectivity index (χ0) is 15.8. The van der Waals surface area contributed by atoms with Crippen LogP contribution in [-0.2, 0) is 9.59 Å². The molecule has 1 saturated heterocycles. The molecule has 0 aliphatic carbocycles. The number of carbonyl (C=O) groups excluding carboxylic acids is 1. The van der Waals surface area contributed by atoms with E-state index >= 15 is 0 Å². The van der Waals surface area contributed by atoms with Crippen LogP contribution in [0.2, 0.25) is 0 Å². The van der Waals surface area contributed by atoms with Gasteiger partial charge < -0.3 is 14.9 Å². The molecule has 5 heteroatoms. The summed E-state index contributed by atoms with van der Waals surface area (Å²) in [6, 6.07) is 9.55. The summed E-state index contributed by atoms with van der Waals surface area (Å²) >= 11 is 0. The molecule has 1 amide bonds. The molecule has 1 heterocycles. The van der Waals surface area contributed by atoms with E-state index in [9.17, 15) is 9.59 Å². The fraction of sp³-hybridized carbons (Fsp3) is 0.529. The van der Waals surface area contributed by atoms with Crippen LogP contribution in [0.15, 0.2) is 30.3 Å². The SMILES string of the molecule is O=C(O)CCN(CC(=O)N1CCCCCC1)c1ccccc1. The maximum atomic E-state index is 12.5. The first-order valence-electron chi connectivity index (χ1n) is 7.96. The van der Waals surface area contributed by atoms with E-state index in [1.165, 1.54) is 12.8 Å². The first-order chi connectivity index (χ1) is 10.7. The smallest absolute Gasteiger partial charge is 0.305 e. The minimum Gasteiger partial charge on any atom is -0.481 e. The molecule has 2 rings (SSSR count). The number of hydrogen-bond donors (Lipinski definition) is 1. The fourth-order valence-electron chi connectivity index (χ4n) is 2.75. The third-order valence-electron chi connectivity index (χ3n) is 4.00. The number of nitrogens with zero attached hydrogens (tertiary/aromatic N) is 2. The molecule has 120 valence electrons. The van der Waals surface area contributed by atoms with E-state index in [0.29, 0.717) is 6.54 Å². The number of benzene rings is 1. The van der Waals surface area contributed by atoms with Crippen LogP contribution in [-0.4, -0.2) is 48.1 Å². The van der Waals surface area contributed by atoms with Crippen molar-refractivity contribution in [3.05, 3.63) is 30.3 Å². The van der Waals surface area contributed by atoms with Gasteiger partial charge in [-0.25, -0.2) is 0 Å². The molecule has 0 saturated carbocycles. The fourth-order valence-corrected chi connectivity index (χ4v) is 2.75. The lowest BCUT2D eigenvalue weighted by molar-refractivity contribution is -0.137. The van der Waals surface area contributed by atoms with E-state index in [0.717, 1.165) is 31.6 Å². The normalized spacial score (nSPS) is 15.2. The van der Waals surface area contributed by atoms with Crippen LogP contribution in [0.3, 0.4) is 0 Å². The number of carbonyl (C=O) groups is 2. The van der Waals surface area contributed by atoms with Crippen molar-refractivity contribution in [3.63, 3.8) is 0 Å². The number of carboxylic acids is 1. The van der Waals surface area contributed by atoms with E-state index < -0.39 is 5.97 Å². The molecule has 0 bridgehead atoms. The molecule has 1 aliphatic heterocycles. The average Bonchev–Trinajstić information content (AvgIpc) is 2.81. The summed E-state index contributed by atoms with van der Waals surface area (Å²) in [5, 5.41) is 8.91. The van der Waals surface area contributed by atoms with E-state index in [4.69, 9.17) is 5.11 Å². The van der Waals surface area contributed by atoms with Crippen molar-refractivity contribution in [3.8, 4) is 0 Å². The molecule has 1 N–H and O–H groups in total. The Morgan fingerprint density at radius 3 is 2.27 bits per heavy atom. The quantitative estimate of drug-likeness (QED) is 0.876. The molecular weight excluding hydrogens is 280 g/mol. The minimum atomic E-state index is -0.844. The summed E-state index contributed by atoms with van der Waals surface area (Å²) in [5.74, 6) is -0.751. The van der Waals surface area contributed by atoms with Gasteiger partial charge in [-0.15, -0.1) is 0 Å². The second-order valence-electron chi connectivity index (χ2n) is 5.70. The number of anilines is 1. The Morgan fingerprint density at radius 2 is 1.68 bits per heavy atom. The molecule has 1 aliphatic rings. The second-order valence-corrected chi connectivity index (χ2v) is 5.70. The Hall–Kier alpha value is -2.04. The maximum Gasteiger partial charge on any atom is 0.305 e. The van der Waals surface area contributed by atoms with Gasteiger partial charge in [0.15, 0.2) is 0 Å². The molecule has 0 aromatic heterocycles. The average molecular weight is 304 g/mol. The summed E-state index contributed by atoms with van der Waals surface area (Å²) < 4.78 is 0. The van der Waals surface area contributed by atoms with Crippen molar-refractivity contribution < 1.29 is 14.7 Å². The lowest BCUT2D eigenvalue weighted by Crippen LogP contribution is -2.41. The van der Waals surface area contributed by atoms with E-state index in [1.54, 1.807) is 0 Å². The van der Waals surface area contributed by atoms with E-state index in [2.05, 4.69) is 0 Å². The summed E-state index contributed by atoms with van der Waals surface area (Å²) in [6.07, 6.45) is 4.52. The molecule has 1 fully saturated rings. The van der Waals surface area contributed by atoms with Gasteiger partial charge in [-0.3, -0.25) is 9.59 Å². The lowest BCUT2D eigenvalue weighted by atomic mass is 10.2. The highest BCUT2D eigenvalue weighted by Gasteiger charge is 2.19. The molecule has 22 heavy (non-hydrogen) atoms.